The summed E-state index contributed by atoms with van der Waals surface area (Å²) in [5.41, 5.74) is 3.20. The Balaban J connectivity index is 1.82. The summed E-state index contributed by atoms with van der Waals surface area (Å²) in [5, 5.41) is 12.6. The van der Waals surface area contributed by atoms with Gasteiger partial charge in [-0.3, -0.25) is 4.99 Å². The molecule has 1 aromatic heterocycles. The zero-order chi connectivity index (χ0) is 14.5. The second-order valence-corrected chi connectivity index (χ2v) is 4.30. The minimum Gasteiger partial charge on any atom is -0.342 e. The highest BCUT2D eigenvalue weighted by molar-refractivity contribution is 5.82. The van der Waals surface area contributed by atoms with Crippen molar-refractivity contribution in [3.05, 3.63) is 66.1 Å². The molecule has 2 aromatic carbocycles. The quantitative estimate of drug-likeness (QED) is 0.686. The normalized spacial score (nSPS) is 10.6. The van der Waals surface area contributed by atoms with Crippen LogP contribution in [-0.4, -0.2) is 16.4 Å². The summed E-state index contributed by atoms with van der Waals surface area (Å²) in [6, 6.07) is 16.9. The fourth-order valence-electron chi connectivity index (χ4n) is 1.82. The molecule has 21 heavy (non-hydrogen) atoms. The second kappa shape index (κ2) is 5.80. The van der Waals surface area contributed by atoms with E-state index >= 15 is 0 Å². The number of aromatic nitrogens is 2. The lowest BCUT2D eigenvalue weighted by Crippen LogP contribution is -1.82. The maximum atomic E-state index is 8.75. The molecule has 1 heterocycles. The van der Waals surface area contributed by atoms with E-state index < -0.39 is 0 Å². The Bertz CT molecular complexity index is 799. The molecule has 5 nitrogen and oxygen atoms in total. The van der Waals surface area contributed by atoms with Gasteiger partial charge in [0.1, 0.15) is 0 Å². The van der Waals surface area contributed by atoms with Gasteiger partial charge in [-0.1, -0.05) is 29.4 Å². The third-order valence-electron chi connectivity index (χ3n) is 2.87. The van der Waals surface area contributed by atoms with Gasteiger partial charge in [0.25, 0.3) is 0 Å². The van der Waals surface area contributed by atoms with Crippen LogP contribution in [0.4, 0.5) is 5.69 Å². The van der Waals surface area contributed by atoms with Gasteiger partial charge >= 0.3 is 0 Å². The van der Waals surface area contributed by atoms with E-state index in [1.54, 1.807) is 18.3 Å². The first-order chi connectivity index (χ1) is 10.3. The molecule has 3 rings (SSSR count). The van der Waals surface area contributed by atoms with Crippen LogP contribution < -0.4 is 0 Å². The summed E-state index contributed by atoms with van der Waals surface area (Å²) in [4.78, 5) is 8.41. The molecule has 0 aliphatic carbocycles. The smallest absolute Gasteiger partial charge is 0.214 e. The fourth-order valence-corrected chi connectivity index (χ4v) is 1.82. The standard InChI is InChI=1S/C16H10N4O/c17-9-12-4-6-13(7-5-12)10-18-15-3-1-2-14(8-15)16-19-11-21-20-16/h1-8,10-11H. The van der Waals surface area contributed by atoms with Crippen molar-refractivity contribution in [2.24, 2.45) is 4.99 Å². The molecule has 0 fully saturated rings. The van der Waals surface area contributed by atoms with Gasteiger partial charge in [-0.05, 0) is 29.8 Å². The first kappa shape index (κ1) is 12.8. The average molecular weight is 274 g/mol. The van der Waals surface area contributed by atoms with Crippen LogP contribution in [0.5, 0.6) is 0 Å². The van der Waals surface area contributed by atoms with E-state index in [4.69, 9.17) is 9.78 Å². The molecule has 0 amide bonds. The lowest BCUT2D eigenvalue weighted by atomic mass is 10.1. The van der Waals surface area contributed by atoms with Crippen LogP contribution >= 0.6 is 0 Å². The Morgan fingerprint density at radius 2 is 2.00 bits per heavy atom. The van der Waals surface area contributed by atoms with Gasteiger partial charge in [0.15, 0.2) is 0 Å². The van der Waals surface area contributed by atoms with Crippen molar-refractivity contribution in [2.75, 3.05) is 0 Å². The molecule has 0 saturated heterocycles. The summed E-state index contributed by atoms with van der Waals surface area (Å²) >= 11 is 0. The maximum Gasteiger partial charge on any atom is 0.214 e. The van der Waals surface area contributed by atoms with E-state index in [2.05, 4.69) is 21.2 Å². The molecule has 0 aliphatic heterocycles. The highest BCUT2D eigenvalue weighted by Crippen LogP contribution is 2.21. The molecule has 0 bridgehead atoms. The third kappa shape index (κ3) is 3.01. The van der Waals surface area contributed by atoms with Crippen LogP contribution in [0.1, 0.15) is 11.1 Å². The molecular formula is C16H10N4O. The summed E-state index contributed by atoms with van der Waals surface area (Å²) < 4.78 is 4.73. The molecule has 5 heteroatoms. The van der Waals surface area contributed by atoms with E-state index in [0.717, 1.165) is 16.8 Å². The number of nitrogens with zero attached hydrogens (tertiary/aromatic N) is 4. The molecule has 0 spiro atoms. The molecule has 0 radical (unpaired) electrons. The van der Waals surface area contributed by atoms with Crippen LogP contribution in [0.2, 0.25) is 0 Å². The average Bonchev–Trinajstić information content (AvgIpc) is 3.08. The Morgan fingerprint density at radius 3 is 2.71 bits per heavy atom. The Labute approximate surface area is 121 Å². The van der Waals surface area contributed by atoms with Crippen molar-refractivity contribution in [1.29, 1.82) is 5.26 Å². The van der Waals surface area contributed by atoms with E-state index in [9.17, 15) is 0 Å². The first-order valence-electron chi connectivity index (χ1n) is 6.26. The minimum absolute atomic E-state index is 0.533. The Morgan fingerprint density at radius 1 is 1.14 bits per heavy atom. The van der Waals surface area contributed by atoms with Gasteiger partial charge in [-0.2, -0.15) is 10.2 Å². The molecule has 0 unspecified atom stereocenters. The topological polar surface area (TPSA) is 75.1 Å². The van der Waals surface area contributed by atoms with Crippen molar-refractivity contribution in [1.82, 2.24) is 10.1 Å². The number of rotatable bonds is 3. The maximum absolute atomic E-state index is 8.75. The summed E-state index contributed by atoms with van der Waals surface area (Å²) in [6.45, 7) is 0. The highest BCUT2D eigenvalue weighted by atomic mass is 16.5. The number of nitriles is 1. The van der Waals surface area contributed by atoms with Gasteiger partial charge in [-0.25, -0.2) is 0 Å². The predicted octanol–water partition coefficient (Wildman–Crippen LogP) is 3.36. The zero-order valence-corrected chi connectivity index (χ0v) is 11.0. The molecule has 0 aliphatic rings. The highest BCUT2D eigenvalue weighted by Gasteiger charge is 2.02. The molecule has 0 atom stereocenters. The predicted molar refractivity (Wildman–Crippen MR) is 78.1 cm³/mol. The molecule has 3 aromatic rings. The molecule has 0 N–H and O–H groups in total. The largest absolute Gasteiger partial charge is 0.342 e. The lowest BCUT2D eigenvalue weighted by molar-refractivity contribution is 0.419. The van der Waals surface area contributed by atoms with Gasteiger partial charge < -0.3 is 4.52 Å². The van der Waals surface area contributed by atoms with Crippen LogP contribution in [0.15, 0.2) is 64.4 Å². The minimum atomic E-state index is 0.533. The monoisotopic (exact) mass is 274 g/mol. The second-order valence-electron chi connectivity index (χ2n) is 4.30. The lowest BCUT2D eigenvalue weighted by Gasteiger charge is -1.97. The van der Waals surface area contributed by atoms with Gasteiger partial charge in [-0.15, -0.1) is 0 Å². The van der Waals surface area contributed by atoms with Crippen LogP contribution in [-0.2, 0) is 0 Å². The summed E-state index contributed by atoms with van der Waals surface area (Å²) in [7, 11) is 0. The molecule has 0 saturated carbocycles. The van der Waals surface area contributed by atoms with Crippen LogP contribution in [0.25, 0.3) is 11.4 Å². The van der Waals surface area contributed by atoms with Crippen molar-refractivity contribution in [2.45, 2.75) is 0 Å². The van der Waals surface area contributed by atoms with E-state index in [1.165, 1.54) is 6.39 Å². The van der Waals surface area contributed by atoms with Crippen LogP contribution in [0.3, 0.4) is 0 Å². The number of hydrogen-bond donors (Lipinski definition) is 0. The number of hydrogen-bond acceptors (Lipinski definition) is 5. The van der Waals surface area contributed by atoms with E-state index in [-0.39, 0.29) is 0 Å². The Hall–Kier alpha value is -3.26. The van der Waals surface area contributed by atoms with Gasteiger partial charge in [0.05, 0.1) is 17.3 Å². The van der Waals surface area contributed by atoms with Crippen molar-refractivity contribution in [3.8, 4) is 17.5 Å². The van der Waals surface area contributed by atoms with Gasteiger partial charge in [0, 0.05) is 11.8 Å². The zero-order valence-electron chi connectivity index (χ0n) is 11.0. The Kier molecular flexibility index (Phi) is 3.52. The van der Waals surface area contributed by atoms with Gasteiger partial charge in [0.2, 0.25) is 12.2 Å². The molecule has 100 valence electrons. The van der Waals surface area contributed by atoms with Crippen molar-refractivity contribution in [3.63, 3.8) is 0 Å². The van der Waals surface area contributed by atoms with E-state index in [1.807, 2.05) is 36.4 Å². The summed E-state index contributed by atoms with van der Waals surface area (Å²) in [6.07, 6.45) is 3.04. The van der Waals surface area contributed by atoms with Crippen LogP contribution in [0, 0.1) is 11.3 Å². The van der Waals surface area contributed by atoms with Crippen molar-refractivity contribution >= 4 is 11.9 Å². The van der Waals surface area contributed by atoms with E-state index in [0.29, 0.717) is 11.4 Å². The number of benzene rings is 2. The first-order valence-corrected chi connectivity index (χ1v) is 6.26. The molecular weight excluding hydrogens is 264 g/mol. The SMILES string of the molecule is N#Cc1ccc(C=Nc2cccc(-c3ncon3)c2)cc1. The number of aliphatic imine (C=N–C) groups is 1. The fraction of sp³-hybridized carbons (Fsp3) is 0. The third-order valence-corrected chi connectivity index (χ3v) is 2.87. The summed E-state index contributed by atoms with van der Waals surface area (Å²) in [5.74, 6) is 0.533. The van der Waals surface area contributed by atoms with Crippen molar-refractivity contribution < 1.29 is 4.52 Å².